The fourth-order valence-corrected chi connectivity index (χ4v) is 1.90. The highest BCUT2D eigenvalue weighted by molar-refractivity contribution is 5.77. The zero-order valence-electron chi connectivity index (χ0n) is 10.6. The van der Waals surface area contributed by atoms with Gasteiger partial charge in [-0.25, -0.2) is 0 Å². The van der Waals surface area contributed by atoms with E-state index in [9.17, 15) is 4.79 Å². The van der Waals surface area contributed by atoms with Crippen LogP contribution in [0.5, 0.6) is 0 Å². The third kappa shape index (κ3) is 3.76. The maximum absolute atomic E-state index is 11.7. The van der Waals surface area contributed by atoms with Crippen molar-refractivity contribution in [3.8, 4) is 0 Å². The number of likely N-dealkylation sites (N-methyl/N-ethyl adjacent to an activating group) is 1. The van der Waals surface area contributed by atoms with Gasteiger partial charge in [-0.3, -0.25) is 4.79 Å². The number of ether oxygens (including phenoxy) is 1. The lowest BCUT2D eigenvalue weighted by atomic mass is 9.93. The number of amides is 1. The molecule has 2 N–H and O–H groups in total. The van der Waals surface area contributed by atoms with Gasteiger partial charge in [0.1, 0.15) is 6.61 Å². The van der Waals surface area contributed by atoms with Gasteiger partial charge in [0, 0.05) is 19.1 Å². The summed E-state index contributed by atoms with van der Waals surface area (Å²) >= 11 is 0. The van der Waals surface area contributed by atoms with Gasteiger partial charge in [-0.05, 0) is 26.7 Å². The summed E-state index contributed by atoms with van der Waals surface area (Å²) in [5.74, 6) is 0.0350. The molecule has 0 aromatic carbocycles. The smallest absolute Gasteiger partial charge is 0.248 e. The van der Waals surface area contributed by atoms with Gasteiger partial charge in [-0.1, -0.05) is 12.8 Å². The lowest BCUT2D eigenvalue weighted by Crippen LogP contribution is -2.42. The Kier molecular flexibility index (Phi) is 5.22. The monoisotopic (exact) mass is 228 g/mol. The quantitative estimate of drug-likeness (QED) is 0.785. The first-order chi connectivity index (χ1) is 7.52. The molecule has 1 fully saturated rings. The molecule has 0 aliphatic heterocycles. The molecule has 0 saturated heterocycles. The number of nitrogens with two attached hydrogens (primary N) is 1. The van der Waals surface area contributed by atoms with Crippen LogP contribution in [0, 0.1) is 0 Å². The van der Waals surface area contributed by atoms with Crippen LogP contribution in [-0.2, 0) is 9.53 Å². The predicted molar refractivity (Wildman–Crippen MR) is 64.1 cm³/mol. The molecule has 0 aromatic rings. The van der Waals surface area contributed by atoms with Crippen molar-refractivity contribution >= 4 is 5.91 Å². The highest BCUT2D eigenvalue weighted by Crippen LogP contribution is 2.19. The Labute approximate surface area is 98.1 Å². The van der Waals surface area contributed by atoms with Crippen molar-refractivity contribution in [1.29, 1.82) is 0 Å². The minimum Gasteiger partial charge on any atom is -0.367 e. The van der Waals surface area contributed by atoms with Gasteiger partial charge in [0.25, 0.3) is 0 Å². The fraction of sp³-hybridized carbons (Fsp3) is 0.917. The third-order valence-corrected chi connectivity index (χ3v) is 3.34. The molecule has 4 heteroatoms. The molecule has 0 heterocycles. The van der Waals surface area contributed by atoms with Gasteiger partial charge in [0.2, 0.25) is 5.91 Å². The first-order valence-corrected chi connectivity index (χ1v) is 6.15. The van der Waals surface area contributed by atoms with E-state index in [0.717, 1.165) is 19.3 Å². The number of carbonyl (C=O) groups is 1. The molecule has 1 aliphatic rings. The van der Waals surface area contributed by atoms with Crippen molar-refractivity contribution in [1.82, 2.24) is 4.90 Å². The Balaban J connectivity index is 2.30. The van der Waals surface area contributed by atoms with Gasteiger partial charge < -0.3 is 15.4 Å². The lowest BCUT2D eigenvalue weighted by Gasteiger charge is -2.29. The van der Waals surface area contributed by atoms with Crippen molar-refractivity contribution in [2.24, 2.45) is 5.73 Å². The number of hydrogen-bond donors (Lipinski definition) is 1. The lowest BCUT2D eigenvalue weighted by molar-refractivity contribution is -0.139. The standard InChI is InChI=1S/C12H24N2O2/c1-9(2)14(3)12(15)8-16-11-7-5-4-6-10(11)13/h9-11H,4-8,13H2,1-3H3. The van der Waals surface area contributed by atoms with Crippen molar-refractivity contribution in [2.75, 3.05) is 13.7 Å². The predicted octanol–water partition coefficient (Wildman–Crippen LogP) is 1.14. The van der Waals surface area contributed by atoms with Crippen LogP contribution in [0.4, 0.5) is 0 Å². The largest absolute Gasteiger partial charge is 0.367 e. The van der Waals surface area contributed by atoms with Crippen molar-refractivity contribution in [3.63, 3.8) is 0 Å². The molecular weight excluding hydrogens is 204 g/mol. The van der Waals surface area contributed by atoms with Crippen molar-refractivity contribution in [2.45, 2.75) is 57.7 Å². The van der Waals surface area contributed by atoms with Gasteiger partial charge in [0.05, 0.1) is 6.10 Å². The zero-order chi connectivity index (χ0) is 12.1. The molecule has 2 atom stereocenters. The van der Waals surface area contributed by atoms with E-state index >= 15 is 0 Å². The van der Waals surface area contributed by atoms with Crippen molar-refractivity contribution in [3.05, 3.63) is 0 Å². The van der Waals surface area contributed by atoms with E-state index in [1.54, 1.807) is 11.9 Å². The second kappa shape index (κ2) is 6.21. The first-order valence-electron chi connectivity index (χ1n) is 6.15. The second-order valence-corrected chi connectivity index (χ2v) is 4.90. The van der Waals surface area contributed by atoms with Crippen LogP contribution in [0.3, 0.4) is 0 Å². The summed E-state index contributed by atoms with van der Waals surface area (Å²) in [6.07, 6.45) is 4.41. The average molecular weight is 228 g/mol. The number of carbonyl (C=O) groups excluding carboxylic acids is 1. The van der Waals surface area contributed by atoms with E-state index < -0.39 is 0 Å². The molecule has 4 nitrogen and oxygen atoms in total. The zero-order valence-corrected chi connectivity index (χ0v) is 10.6. The first kappa shape index (κ1) is 13.5. The van der Waals surface area contributed by atoms with Gasteiger partial charge in [-0.15, -0.1) is 0 Å². The van der Waals surface area contributed by atoms with Crippen LogP contribution >= 0.6 is 0 Å². The maximum Gasteiger partial charge on any atom is 0.248 e. The Morgan fingerprint density at radius 1 is 1.44 bits per heavy atom. The van der Waals surface area contributed by atoms with E-state index in [0.29, 0.717) is 0 Å². The number of rotatable bonds is 4. The number of nitrogens with zero attached hydrogens (tertiary/aromatic N) is 1. The molecule has 94 valence electrons. The van der Waals surface area contributed by atoms with Crippen LogP contribution in [0.25, 0.3) is 0 Å². The highest BCUT2D eigenvalue weighted by atomic mass is 16.5. The third-order valence-electron chi connectivity index (χ3n) is 3.34. The van der Waals surface area contributed by atoms with Crippen LogP contribution in [0.2, 0.25) is 0 Å². The summed E-state index contributed by atoms with van der Waals surface area (Å²) in [7, 11) is 1.80. The average Bonchev–Trinajstić information content (AvgIpc) is 2.26. The molecule has 1 rings (SSSR count). The maximum atomic E-state index is 11.7. The summed E-state index contributed by atoms with van der Waals surface area (Å²) in [6.45, 7) is 4.14. The van der Waals surface area contributed by atoms with Gasteiger partial charge >= 0.3 is 0 Å². The Morgan fingerprint density at radius 3 is 2.62 bits per heavy atom. The highest BCUT2D eigenvalue weighted by Gasteiger charge is 2.23. The molecular formula is C12H24N2O2. The SMILES string of the molecule is CC(C)N(C)C(=O)COC1CCCCC1N. The van der Waals surface area contributed by atoms with Gasteiger partial charge in [-0.2, -0.15) is 0 Å². The van der Waals surface area contributed by atoms with Crippen LogP contribution in [0.1, 0.15) is 39.5 Å². The minimum absolute atomic E-state index is 0.0350. The van der Waals surface area contributed by atoms with E-state index in [2.05, 4.69) is 0 Å². The normalized spacial score (nSPS) is 25.8. The topological polar surface area (TPSA) is 55.6 Å². The molecule has 0 aromatic heterocycles. The van der Waals surface area contributed by atoms with E-state index in [-0.39, 0.29) is 30.7 Å². The second-order valence-electron chi connectivity index (χ2n) is 4.90. The van der Waals surface area contributed by atoms with Crippen LogP contribution < -0.4 is 5.73 Å². The summed E-state index contributed by atoms with van der Waals surface area (Å²) < 4.78 is 5.61. The van der Waals surface area contributed by atoms with Crippen molar-refractivity contribution < 1.29 is 9.53 Å². The Bertz CT molecular complexity index is 231. The van der Waals surface area contributed by atoms with E-state index in [4.69, 9.17) is 10.5 Å². The summed E-state index contributed by atoms with van der Waals surface area (Å²) in [5.41, 5.74) is 5.95. The van der Waals surface area contributed by atoms with E-state index in [1.165, 1.54) is 6.42 Å². The molecule has 0 radical (unpaired) electrons. The molecule has 0 bridgehead atoms. The molecule has 16 heavy (non-hydrogen) atoms. The van der Waals surface area contributed by atoms with Gasteiger partial charge in [0.15, 0.2) is 0 Å². The Hall–Kier alpha value is -0.610. The minimum atomic E-state index is 0.0350. The summed E-state index contributed by atoms with van der Waals surface area (Å²) in [4.78, 5) is 13.4. The van der Waals surface area contributed by atoms with Crippen LogP contribution in [0.15, 0.2) is 0 Å². The number of hydrogen-bond acceptors (Lipinski definition) is 3. The van der Waals surface area contributed by atoms with Crippen LogP contribution in [-0.4, -0.2) is 42.6 Å². The molecule has 1 saturated carbocycles. The fourth-order valence-electron chi connectivity index (χ4n) is 1.90. The molecule has 0 spiro atoms. The molecule has 2 unspecified atom stereocenters. The Morgan fingerprint density at radius 2 is 2.06 bits per heavy atom. The molecule has 1 aliphatic carbocycles. The van der Waals surface area contributed by atoms with E-state index in [1.807, 2.05) is 13.8 Å². The molecule has 1 amide bonds. The summed E-state index contributed by atoms with van der Waals surface area (Å²) in [5, 5.41) is 0. The summed E-state index contributed by atoms with van der Waals surface area (Å²) in [6, 6.07) is 0.321.